The average molecular weight is 273 g/mol. The number of alkyl halides is 3. The summed E-state index contributed by atoms with van der Waals surface area (Å²) >= 11 is 0. The van der Waals surface area contributed by atoms with Crippen molar-refractivity contribution in [3.63, 3.8) is 0 Å². The molecule has 9 heteroatoms. The molecule has 0 atom stereocenters. The Morgan fingerprint density at radius 1 is 1.00 bits per heavy atom. The van der Waals surface area contributed by atoms with Crippen LogP contribution in [0.4, 0.5) is 26.1 Å². The standard InChI is InChI=1S/C9H8BF6O2/c11-9(12,13)18-6-5-17-8-4-2-1-3-7(8)10(14,15)16/h1-4H,5-6H2/q-1. The largest absolute Gasteiger partial charge is 0.522 e. The molecule has 0 radical (unpaired) electrons. The van der Waals surface area contributed by atoms with Gasteiger partial charge < -0.3 is 17.7 Å². The molecule has 0 bridgehead atoms. The Balaban J connectivity index is 2.58. The van der Waals surface area contributed by atoms with E-state index in [0.29, 0.717) is 0 Å². The highest BCUT2D eigenvalue weighted by Crippen LogP contribution is 2.18. The van der Waals surface area contributed by atoms with Crippen LogP contribution in [0.15, 0.2) is 24.3 Å². The van der Waals surface area contributed by atoms with Gasteiger partial charge in [-0.2, -0.15) is 0 Å². The smallest absolute Gasteiger partial charge is 0.494 e. The number of rotatable bonds is 5. The van der Waals surface area contributed by atoms with Crippen LogP contribution in [0.3, 0.4) is 0 Å². The van der Waals surface area contributed by atoms with Crippen molar-refractivity contribution in [2.75, 3.05) is 13.2 Å². The molecule has 0 saturated heterocycles. The molecule has 0 aliphatic rings. The van der Waals surface area contributed by atoms with Crippen molar-refractivity contribution < 1.29 is 35.6 Å². The minimum Gasteiger partial charge on any atom is -0.494 e. The van der Waals surface area contributed by atoms with Crippen LogP contribution in [0.25, 0.3) is 0 Å². The number of hydrogen-bond acceptors (Lipinski definition) is 2. The first-order chi connectivity index (χ1) is 8.20. The van der Waals surface area contributed by atoms with Gasteiger partial charge in [0.25, 0.3) is 0 Å². The third-order valence-electron chi connectivity index (χ3n) is 1.88. The molecule has 0 saturated carbocycles. The Labute approximate surface area is 98.6 Å². The highest BCUT2D eigenvalue weighted by molar-refractivity contribution is 6.74. The second-order valence-electron chi connectivity index (χ2n) is 3.26. The molecule has 0 fully saturated rings. The lowest BCUT2D eigenvalue weighted by Gasteiger charge is -2.19. The summed E-state index contributed by atoms with van der Waals surface area (Å²) < 4.78 is 80.3. The van der Waals surface area contributed by atoms with Crippen molar-refractivity contribution in [2.24, 2.45) is 0 Å². The summed E-state index contributed by atoms with van der Waals surface area (Å²) in [6, 6.07) is 4.31. The molecular formula is C9H8BF6O2-. The first-order valence-corrected chi connectivity index (χ1v) is 4.82. The topological polar surface area (TPSA) is 18.5 Å². The van der Waals surface area contributed by atoms with Gasteiger partial charge in [0, 0.05) is 0 Å². The second-order valence-corrected chi connectivity index (χ2v) is 3.26. The maximum Gasteiger partial charge on any atom is 0.522 e. The van der Waals surface area contributed by atoms with E-state index in [-0.39, 0.29) is 0 Å². The molecule has 0 aromatic heterocycles. The fraction of sp³-hybridized carbons (Fsp3) is 0.333. The summed E-state index contributed by atoms with van der Waals surface area (Å²) in [6.07, 6.45) is -4.82. The van der Waals surface area contributed by atoms with E-state index >= 15 is 0 Å². The van der Waals surface area contributed by atoms with E-state index in [4.69, 9.17) is 0 Å². The van der Waals surface area contributed by atoms with Crippen molar-refractivity contribution in [2.45, 2.75) is 6.36 Å². The monoisotopic (exact) mass is 273 g/mol. The lowest BCUT2D eigenvalue weighted by molar-refractivity contribution is -0.325. The van der Waals surface area contributed by atoms with E-state index in [1.165, 1.54) is 12.1 Å². The fourth-order valence-electron chi connectivity index (χ4n) is 1.19. The molecular weight excluding hydrogens is 265 g/mol. The zero-order valence-corrected chi connectivity index (χ0v) is 8.89. The van der Waals surface area contributed by atoms with E-state index in [1.807, 2.05) is 0 Å². The number of hydrogen-bond donors (Lipinski definition) is 0. The minimum absolute atomic E-state index is 0.504. The van der Waals surface area contributed by atoms with Gasteiger partial charge in [0.15, 0.2) is 0 Å². The van der Waals surface area contributed by atoms with Gasteiger partial charge in [-0.25, -0.2) is 0 Å². The highest BCUT2D eigenvalue weighted by Gasteiger charge is 2.30. The van der Waals surface area contributed by atoms with Crippen LogP contribution < -0.4 is 10.2 Å². The first-order valence-electron chi connectivity index (χ1n) is 4.82. The second kappa shape index (κ2) is 5.51. The van der Waals surface area contributed by atoms with Crippen molar-refractivity contribution in [1.29, 1.82) is 0 Å². The quantitative estimate of drug-likeness (QED) is 0.466. The van der Waals surface area contributed by atoms with E-state index in [2.05, 4.69) is 9.47 Å². The van der Waals surface area contributed by atoms with Crippen LogP contribution in [0.1, 0.15) is 0 Å². The summed E-state index contributed by atoms with van der Waals surface area (Å²) in [4.78, 5) is 0. The maximum atomic E-state index is 12.5. The molecule has 0 spiro atoms. The van der Waals surface area contributed by atoms with Crippen LogP contribution in [-0.4, -0.2) is 26.6 Å². The average Bonchev–Trinajstić information content (AvgIpc) is 2.22. The highest BCUT2D eigenvalue weighted by atomic mass is 19.4. The van der Waals surface area contributed by atoms with E-state index in [0.717, 1.165) is 12.1 Å². The van der Waals surface area contributed by atoms with E-state index in [9.17, 15) is 26.1 Å². The van der Waals surface area contributed by atoms with Gasteiger partial charge in [0.2, 0.25) is 0 Å². The molecule has 0 heterocycles. The summed E-state index contributed by atoms with van der Waals surface area (Å²) in [5, 5.41) is 0. The predicted octanol–water partition coefficient (Wildman–Crippen LogP) is 2.66. The Bertz CT molecular complexity index is 389. The van der Waals surface area contributed by atoms with Gasteiger partial charge in [0.1, 0.15) is 6.61 Å². The first kappa shape index (κ1) is 14.7. The third kappa shape index (κ3) is 4.86. The van der Waals surface area contributed by atoms with Crippen LogP contribution in [0.2, 0.25) is 0 Å². The molecule has 18 heavy (non-hydrogen) atoms. The Kier molecular flexibility index (Phi) is 4.50. The van der Waals surface area contributed by atoms with Gasteiger partial charge in [0.05, 0.1) is 12.4 Å². The van der Waals surface area contributed by atoms with Crippen molar-refractivity contribution in [1.82, 2.24) is 0 Å². The van der Waals surface area contributed by atoms with Crippen molar-refractivity contribution >= 4 is 12.4 Å². The molecule has 1 aromatic carbocycles. The minimum atomic E-state index is -5.27. The number of para-hydroxylation sites is 1. The van der Waals surface area contributed by atoms with Crippen molar-refractivity contribution in [3.05, 3.63) is 24.3 Å². The van der Waals surface area contributed by atoms with Crippen LogP contribution in [0, 0.1) is 0 Å². The molecule has 0 unspecified atom stereocenters. The van der Waals surface area contributed by atoms with Crippen LogP contribution in [0.5, 0.6) is 5.75 Å². The van der Waals surface area contributed by atoms with Crippen LogP contribution >= 0.6 is 0 Å². The van der Waals surface area contributed by atoms with Gasteiger partial charge in [-0.15, -0.1) is 13.2 Å². The summed E-state index contributed by atoms with van der Waals surface area (Å²) in [5.74, 6) is -0.504. The summed E-state index contributed by atoms with van der Waals surface area (Å²) in [6.45, 7) is -6.77. The van der Waals surface area contributed by atoms with E-state index in [1.54, 1.807) is 0 Å². The lowest BCUT2D eigenvalue weighted by atomic mass is 9.79. The third-order valence-corrected chi connectivity index (χ3v) is 1.88. The molecule has 0 aliphatic heterocycles. The molecule has 0 aliphatic carbocycles. The SMILES string of the molecule is F[B-](F)(F)c1ccccc1OCCOC(F)(F)F. The Morgan fingerprint density at radius 2 is 1.61 bits per heavy atom. The number of benzene rings is 1. The van der Waals surface area contributed by atoms with Gasteiger partial charge in [-0.05, 0) is 6.07 Å². The fourth-order valence-corrected chi connectivity index (χ4v) is 1.19. The normalized spacial score (nSPS) is 12.6. The number of ether oxygens (including phenoxy) is 2. The lowest BCUT2D eigenvalue weighted by Crippen LogP contribution is -2.35. The predicted molar refractivity (Wildman–Crippen MR) is 52.7 cm³/mol. The molecule has 102 valence electrons. The molecule has 1 aromatic rings. The molecule has 2 nitrogen and oxygen atoms in total. The Hall–Kier alpha value is -1.38. The molecule has 0 amide bonds. The zero-order chi connectivity index (χ0) is 13.8. The summed E-state index contributed by atoms with van der Waals surface area (Å²) in [5.41, 5.74) is -0.982. The van der Waals surface area contributed by atoms with Gasteiger partial charge in [-0.3, -0.25) is 4.74 Å². The van der Waals surface area contributed by atoms with E-state index < -0.39 is 37.8 Å². The molecule has 1 rings (SSSR count). The Morgan fingerprint density at radius 3 is 2.17 bits per heavy atom. The van der Waals surface area contributed by atoms with Gasteiger partial charge in [-0.1, -0.05) is 23.7 Å². The molecule has 0 N–H and O–H groups in total. The van der Waals surface area contributed by atoms with Gasteiger partial charge >= 0.3 is 13.3 Å². The maximum absolute atomic E-state index is 12.5. The van der Waals surface area contributed by atoms with Crippen LogP contribution in [-0.2, 0) is 4.74 Å². The summed E-state index contributed by atoms with van der Waals surface area (Å²) in [7, 11) is 0. The van der Waals surface area contributed by atoms with Crippen molar-refractivity contribution in [3.8, 4) is 5.75 Å². The zero-order valence-electron chi connectivity index (χ0n) is 8.89. The number of halogens is 6.